The Hall–Kier alpha value is -0.930. The van der Waals surface area contributed by atoms with Crippen LogP contribution in [0.15, 0.2) is 24.5 Å². The van der Waals surface area contributed by atoms with Crippen LogP contribution in [0.25, 0.3) is 0 Å². The van der Waals surface area contributed by atoms with E-state index in [-0.39, 0.29) is 0 Å². The molecule has 3 heteroatoms. The van der Waals surface area contributed by atoms with Gasteiger partial charge in [0.15, 0.2) is 0 Å². The van der Waals surface area contributed by atoms with Gasteiger partial charge in [-0.1, -0.05) is 6.07 Å². The van der Waals surface area contributed by atoms with Crippen molar-refractivity contribution >= 4 is 0 Å². The zero-order chi connectivity index (χ0) is 10.2. The van der Waals surface area contributed by atoms with Crippen LogP contribution < -0.4 is 11.1 Å². The van der Waals surface area contributed by atoms with Gasteiger partial charge >= 0.3 is 0 Å². The van der Waals surface area contributed by atoms with Crippen LogP contribution in [-0.2, 0) is 6.42 Å². The first-order valence-corrected chi connectivity index (χ1v) is 5.15. The van der Waals surface area contributed by atoms with Crippen molar-refractivity contribution in [2.24, 2.45) is 5.73 Å². The maximum Gasteiger partial charge on any atom is 0.0299 e. The average Bonchev–Trinajstić information content (AvgIpc) is 2.25. The molecule has 14 heavy (non-hydrogen) atoms. The quantitative estimate of drug-likeness (QED) is 0.661. The molecule has 1 unspecified atom stereocenters. The van der Waals surface area contributed by atoms with Crippen LogP contribution in [0, 0.1) is 0 Å². The van der Waals surface area contributed by atoms with Gasteiger partial charge in [-0.15, -0.1) is 0 Å². The molecule has 1 aromatic rings. The number of aryl methyl sites for hydroxylation is 1. The third kappa shape index (κ3) is 4.35. The Bertz CT molecular complexity index is 236. The molecule has 0 aliphatic rings. The van der Waals surface area contributed by atoms with Crippen LogP contribution in [0.5, 0.6) is 0 Å². The molecule has 1 rings (SSSR count). The molecule has 0 aliphatic heterocycles. The van der Waals surface area contributed by atoms with Gasteiger partial charge in [-0.3, -0.25) is 4.98 Å². The molecule has 0 aliphatic carbocycles. The van der Waals surface area contributed by atoms with Gasteiger partial charge in [0.2, 0.25) is 0 Å². The zero-order valence-electron chi connectivity index (χ0n) is 8.74. The van der Waals surface area contributed by atoms with Crippen molar-refractivity contribution < 1.29 is 0 Å². The Labute approximate surface area is 85.7 Å². The molecular weight excluding hydrogens is 174 g/mol. The molecule has 3 N–H and O–H groups in total. The summed E-state index contributed by atoms with van der Waals surface area (Å²) in [7, 11) is 0. The Morgan fingerprint density at radius 2 is 2.43 bits per heavy atom. The van der Waals surface area contributed by atoms with Crippen LogP contribution in [0.4, 0.5) is 0 Å². The largest absolute Gasteiger partial charge is 0.329 e. The van der Waals surface area contributed by atoms with Crippen LogP contribution in [0.2, 0.25) is 0 Å². The van der Waals surface area contributed by atoms with Crippen molar-refractivity contribution in [2.75, 3.05) is 13.1 Å². The second-order valence-corrected chi connectivity index (χ2v) is 3.56. The van der Waals surface area contributed by atoms with Gasteiger partial charge in [0.05, 0.1) is 0 Å². The number of nitrogens with two attached hydrogens (primary N) is 1. The molecule has 0 saturated heterocycles. The number of hydrogen-bond donors (Lipinski definition) is 2. The number of pyridine rings is 1. The smallest absolute Gasteiger partial charge is 0.0299 e. The van der Waals surface area contributed by atoms with Gasteiger partial charge in [-0.2, -0.15) is 0 Å². The summed E-state index contributed by atoms with van der Waals surface area (Å²) in [5, 5.41) is 3.36. The van der Waals surface area contributed by atoms with Crippen molar-refractivity contribution in [3.8, 4) is 0 Å². The summed E-state index contributed by atoms with van der Waals surface area (Å²) in [5.41, 5.74) is 6.79. The Kier molecular flexibility index (Phi) is 5.19. The zero-order valence-corrected chi connectivity index (χ0v) is 8.74. The number of hydrogen-bond acceptors (Lipinski definition) is 3. The number of rotatable bonds is 6. The fraction of sp³-hybridized carbons (Fsp3) is 0.545. The minimum absolute atomic E-state index is 0.420. The van der Waals surface area contributed by atoms with Gasteiger partial charge < -0.3 is 11.1 Å². The summed E-state index contributed by atoms with van der Waals surface area (Å²) in [5.74, 6) is 0. The molecule has 1 atom stereocenters. The molecular formula is C11H19N3. The van der Waals surface area contributed by atoms with E-state index in [0.29, 0.717) is 12.6 Å². The lowest BCUT2D eigenvalue weighted by molar-refractivity contribution is 0.543. The first-order valence-electron chi connectivity index (χ1n) is 5.15. The third-order valence-electron chi connectivity index (χ3n) is 2.21. The van der Waals surface area contributed by atoms with Crippen molar-refractivity contribution in [3.63, 3.8) is 0 Å². The third-order valence-corrected chi connectivity index (χ3v) is 2.21. The van der Waals surface area contributed by atoms with Crippen molar-refractivity contribution in [1.82, 2.24) is 10.3 Å². The van der Waals surface area contributed by atoms with Crippen LogP contribution >= 0.6 is 0 Å². The van der Waals surface area contributed by atoms with E-state index in [1.165, 1.54) is 5.56 Å². The lowest BCUT2D eigenvalue weighted by Crippen LogP contribution is -2.33. The first-order chi connectivity index (χ1) is 6.83. The monoisotopic (exact) mass is 193 g/mol. The van der Waals surface area contributed by atoms with Crippen molar-refractivity contribution in [1.29, 1.82) is 0 Å². The maximum absolute atomic E-state index is 5.49. The highest BCUT2D eigenvalue weighted by Crippen LogP contribution is 1.99. The number of nitrogens with one attached hydrogen (secondary N) is 1. The fourth-order valence-electron chi connectivity index (χ4n) is 1.27. The van der Waals surface area contributed by atoms with E-state index in [4.69, 9.17) is 5.73 Å². The molecule has 1 heterocycles. The van der Waals surface area contributed by atoms with Crippen LogP contribution in [0.1, 0.15) is 18.9 Å². The maximum atomic E-state index is 5.49. The molecule has 0 radical (unpaired) electrons. The predicted molar refractivity (Wildman–Crippen MR) is 59.1 cm³/mol. The molecule has 0 aromatic carbocycles. The molecule has 78 valence electrons. The SMILES string of the molecule is CC(CN)NCCCc1cccnc1. The summed E-state index contributed by atoms with van der Waals surface area (Å²) >= 11 is 0. The standard InChI is InChI=1S/C11H19N3/c1-10(8-12)14-7-3-5-11-4-2-6-13-9-11/h2,4,6,9-10,14H,3,5,7-8,12H2,1H3. The molecule has 1 aromatic heterocycles. The van der Waals surface area contributed by atoms with E-state index in [2.05, 4.69) is 23.3 Å². The summed E-state index contributed by atoms with van der Waals surface area (Å²) in [6, 6.07) is 4.51. The normalized spacial score (nSPS) is 12.7. The average molecular weight is 193 g/mol. The summed E-state index contributed by atoms with van der Waals surface area (Å²) < 4.78 is 0. The van der Waals surface area contributed by atoms with E-state index in [1.54, 1.807) is 6.20 Å². The highest BCUT2D eigenvalue weighted by Gasteiger charge is 1.96. The van der Waals surface area contributed by atoms with Gasteiger partial charge in [0.25, 0.3) is 0 Å². The Morgan fingerprint density at radius 1 is 1.57 bits per heavy atom. The van der Waals surface area contributed by atoms with E-state index < -0.39 is 0 Å². The number of aromatic nitrogens is 1. The van der Waals surface area contributed by atoms with Gasteiger partial charge in [-0.25, -0.2) is 0 Å². The van der Waals surface area contributed by atoms with Crippen molar-refractivity contribution in [3.05, 3.63) is 30.1 Å². The molecule has 0 amide bonds. The van der Waals surface area contributed by atoms with Gasteiger partial charge in [-0.05, 0) is 37.9 Å². The predicted octanol–water partition coefficient (Wildman–Crippen LogP) is 0.951. The summed E-state index contributed by atoms with van der Waals surface area (Å²) in [6.07, 6.45) is 5.94. The topological polar surface area (TPSA) is 50.9 Å². The Balaban J connectivity index is 2.10. The number of nitrogens with zero attached hydrogens (tertiary/aromatic N) is 1. The minimum Gasteiger partial charge on any atom is -0.329 e. The van der Waals surface area contributed by atoms with Crippen LogP contribution in [0.3, 0.4) is 0 Å². The van der Waals surface area contributed by atoms with E-state index in [9.17, 15) is 0 Å². The summed E-state index contributed by atoms with van der Waals surface area (Å²) in [6.45, 7) is 3.82. The van der Waals surface area contributed by atoms with E-state index in [0.717, 1.165) is 19.4 Å². The van der Waals surface area contributed by atoms with Gasteiger partial charge in [0, 0.05) is 25.0 Å². The van der Waals surface area contributed by atoms with E-state index >= 15 is 0 Å². The molecule has 0 spiro atoms. The second kappa shape index (κ2) is 6.51. The lowest BCUT2D eigenvalue weighted by atomic mass is 10.1. The molecule has 0 fully saturated rings. The Morgan fingerprint density at radius 3 is 3.07 bits per heavy atom. The lowest BCUT2D eigenvalue weighted by Gasteiger charge is -2.10. The van der Waals surface area contributed by atoms with Gasteiger partial charge in [0.1, 0.15) is 0 Å². The molecule has 0 saturated carbocycles. The van der Waals surface area contributed by atoms with E-state index in [1.807, 2.05) is 12.3 Å². The second-order valence-electron chi connectivity index (χ2n) is 3.56. The highest BCUT2D eigenvalue weighted by atomic mass is 14.9. The molecule has 3 nitrogen and oxygen atoms in total. The summed E-state index contributed by atoms with van der Waals surface area (Å²) in [4.78, 5) is 4.07. The van der Waals surface area contributed by atoms with Crippen LogP contribution in [-0.4, -0.2) is 24.1 Å². The molecule has 0 bridgehead atoms. The minimum atomic E-state index is 0.420. The highest BCUT2D eigenvalue weighted by molar-refractivity contribution is 5.08. The first kappa shape index (κ1) is 11.1. The van der Waals surface area contributed by atoms with Crippen molar-refractivity contribution in [2.45, 2.75) is 25.8 Å². The fourth-order valence-corrected chi connectivity index (χ4v) is 1.27.